The number of hydrogen-bond donors (Lipinski definition) is 2. The molecule has 2 aromatic carbocycles. The third-order valence-corrected chi connectivity index (χ3v) is 5.43. The van der Waals surface area contributed by atoms with Gasteiger partial charge in [-0.2, -0.15) is 0 Å². The Morgan fingerprint density at radius 3 is 2.19 bits per heavy atom. The fourth-order valence-corrected chi connectivity index (χ4v) is 3.44. The van der Waals surface area contributed by atoms with Crippen molar-refractivity contribution in [2.75, 3.05) is 22.8 Å². The average Bonchev–Trinajstić information content (AvgIpc) is 2.72. The Hall–Kier alpha value is -3.19. The molecule has 0 saturated heterocycles. The van der Waals surface area contributed by atoms with E-state index in [1.807, 2.05) is 24.3 Å². The van der Waals surface area contributed by atoms with Gasteiger partial charge in [-0.05, 0) is 47.4 Å². The van der Waals surface area contributed by atoms with Gasteiger partial charge in [0, 0.05) is 29.3 Å². The van der Waals surface area contributed by atoms with Crippen molar-refractivity contribution in [3.8, 4) is 11.3 Å². The number of amides is 1. The van der Waals surface area contributed by atoms with Gasteiger partial charge in [0.1, 0.15) is 5.88 Å². The van der Waals surface area contributed by atoms with E-state index in [1.165, 1.54) is 11.8 Å². The van der Waals surface area contributed by atoms with E-state index in [4.69, 9.17) is 0 Å². The first kappa shape index (κ1) is 22.5. The maximum absolute atomic E-state index is 12.6. The minimum absolute atomic E-state index is 0.0544. The highest BCUT2D eigenvalue weighted by Gasteiger charge is 2.14. The Labute approximate surface area is 183 Å². The number of rotatable bonds is 6. The molecule has 0 unspecified atom stereocenters. The van der Waals surface area contributed by atoms with Gasteiger partial charge in [-0.3, -0.25) is 9.78 Å². The summed E-state index contributed by atoms with van der Waals surface area (Å²) in [6.45, 7) is 6.43. The second kappa shape index (κ2) is 8.89. The van der Waals surface area contributed by atoms with Gasteiger partial charge >= 0.3 is 0 Å². The summed E-state index contributed by atoms with van der Waals surface area (Å²) < 4.78 is 22.9. The van der Waals surface area contributed by atoms with Crippen LogP contribution in [-0.4, -0.2) is 31.4 Å². The van der Waals surface area contributed by atoms with Gasteiger partial charge in [-0.15, -0.1) is 0 Å². The molecule has 3 aromatic rings. The van der Waals surface area contributed by atoms with E-state index in [2.05, 4.69) is 36.4 Å². The van der Waals surface area contributed by atoms with Crippen molar-refractivity contribution in [2.24, 2.45) is 0 Å². The van der Waals surface area contributed by atoms with Crippen molar-refractivity contribution >= 4 is 27.1 Å². The summed E-state index contributed by atoms with van der Waals surface area (Å²) >= 11 is 0. The molecule has 1 heterocycles. The van der Waals surface area contributed by atoms with Crippen molar-refractivity contribution in [2.45, 2.75) is 26.2 Å². The van der Waals surface area contributed by atoms with E-state index >= 15 is 0 Å². The van der Waals surface area contributed by atoms with Crippen LogP contribution in [-0.2, 0) is 15.3 Å². The fourth-order valence-electron chi connectivity index (χ4n) is 3.02. The molecular formula is C24H27N3O3S. The second-order valence-electron chi connectivity index (χ2n) is 8.51. The number of sulfone groups is 1. The van der Waals surface area contributed by atoms with E-state index in [0.29, 0.717) is 16.9 Å². The molecule has 162 valence electrons. The van der Waals surface area contributed by atoms with Crippen molar-refractivity contribution in [1.29, 1.82) is 0 Å². The lowest BCUT2D eigenvalue weighted by atomic mass is 9.87. The van der Waals surface area contributed by atoms with Gasteiger partial charge < -0.3 is 10.6 Å². The first-order valence-corrected chi connectivity index (χ1v) is 12.0. The lowest BCUT2D eigenvalue weighted by molar-refractivity contribution is 0.102. The first-order chi connectivity index (χ1) is 14.5. The molecule has 0 saturated carbocycles. The molecule has 0 spiro atoms. The molecule has 0 bridgehead atoms. The molecule has 31 heavy (non-hydrogen) atoms. The minimum atomic E-state index is -3.17. The summed E-state index contributed by atoms with van der Waals surface area (Å²) in [5.74, 6) is -0.383. The number of anilines is 2. The number of carbonyl (C=O) groups excluding carboxylic acids is 1. The summed E-state index contributed by atoms with van der Waals surface area (Å²) in [5.41, 5.74) is 4.52. The zero-order chi connectivity index (χ0) is 22.6. The summed E-state index contributed by atoms with van der Waals surface area (Å²) in [6.07, 6.45) is 2.81. The standard InChI is InChI=1S/C24H27N3O3S/c1-24(2,3)19-11-13-20(14-12-19)27-23(28)18-9-7-17(8-10-18)22-21(6-5-15-25-22)26-16-31(4,29)30/h5-15,26H,16H2,1-4H3,(H,27,28). The zero-order valence-corrected chi connectivity index (χ0v) is 19.0. The van der Waals surface area contributed by atoms with Crippen LogP contribution in [0.2, 0.25) is 0 Å². The normalized spacial score (nSPS) is 11.7. The highest BCUT2D eigenvalue weighted by molar-refractivity contribution is 7.90. The predicted molar refractivity (Wildman–Crippen MR) is 126 cm³/mol. The largest absolute Gasteiger partial charge is 0.370 e. The Kier molecular flexibility index (Phi) is 6.45. The Balaban J connectivity index is 1.74. The molecule has 7 heteroatoms. The summed E-state index contributed by atoms with van der Waals surface area (Å²) in [5, 5.41) is 5.82. The molecule has 2 N–H and O–H groups in total. The molecule has 0 aliphatic rings. The van der Waals surface area contributed by atoms with Gasteiger partial charge in [-0.1, -0.05) is 45.0 Å². The number of nitrogens with zero attached hydrogens (tertiary/aromatic N) is 1. The van der Waals surface area contributed by atoms with Gasteiger partial charge in [0.05, 0.1) is 11.4 Å². The molecule has 0 atom stereocenters. The maximum atomic E-state index is 12.6. The quantitative estimate of drug-likeness (QED) is 0.583. The van der Waals surface area contributed by atoms with Crippen LogP contribution < -0.4 is 10.6 Å². The molecule has 0 aliphatic carbocycles. The zero-order valence-electron chi connectivity index (χ0n) is 18.1. The van der Waals surface area contributed by atoms with Crippen molar-refractivity contribution in [3.05, 3.63) is 78.0 Å². The Morgan fingerprint density at radius 2 is 1.61 bits per heavy atom. The monoisotopic (exact) mass is 437 g/mol. The van der Waals surface area contributed by atoms with Gasteiger partial charge in [0.25, 0.3) is 5.91 Å². The minimum Gasteiger partial charge on any atom is -0.370 e. The van der Waals surface area contributed by atoms with E-state index in [0.717, 1.165) is 11.3 Å². The van der Waals surface area contributed by atoms with Gasteiger partial charge in [-0.25, -0.2) is 8.42 Å². The van der Waals surface area contributed by atoms with Crippen molar-refractivity contribution in [3.63, 3.8) is 0 Å². The summed E-state index contributed by atoms with van der Waals surface area (Å²) in [7, 11) is -3.17. The summed E-state index contributed by atoms with van der Waals surface area (Å²) in [4.78, 5) is 17.0. The average molecular weight is 438 g/mol. The number of pyridine rings is 1. The lowest BCUT2D eigenvalue weighted by Crippen LogP contribution is -2.14. The van der Waals surface area contributed by atoms with Gasteiger partial charge in [0.15, 0.2) is 9.84 Å². The third kappa shape index (κ3) is 6.15. The smallest absolute Gasteiger partial charge is 0.255 e. The molecule has 0 fully saturated rings. The van der Waals surface area contributed by atoms with Gasteiger partial charge in [0.2, 0.25) is 0 Å². The molecular weight excluding hydrogens is 410 g/mol. The topological polar surface area (TPSA) is 88.2 Å². The number of aromatic nitrogens is 1. The molecule has 1 amide bonds. The maximum Gasteiger partial charge on any atom is 0.255 e. The van der Waals surface area contributed by atoms with Crippen molar-refractivity contribution in [1.82, 2.24) is 4.98 Å². The molecule has 3 rings (SSSR count). The van der Waals surface area contributed by atoms with Crippen LogP contribution in [0.1, 0.15) is 36.7 Å². The first-order valence-electron chi connectivity index (χ1n) is 9.92. The fraction of sp³-hybridized carbons (Fsp3) is 0.250. The molecule has 0 aliphatic heterocycles. The van der Waals surface area contributed by atoms with Crippen molar-refractivity contribution < 1.29 is 13.2 Å². The molecule has 6 nitrogen and oxygen atoms in total. The highest BCUT2D eigenvalue weighted by Crippen LogP contribution is 2.26. The Bertz CT molecular complexity index is 1160. The number of carbonyl (C=O) groups is 1. The van der Waals surface area contributed by atoms with E-state index in [9.17, 15) is 13.2 Å². The van der Waals surface area contributed by atoms with E-state index in [1.54, 1.807) is 42.6 Å². The van der Waals surface area contributed by atoms with Crippen LogP contribution in [0.5, 0.6) is 0 Å². The Morgan fingerprint density at radius 1 is 0.968 bits per heavy atom. The third-order valence-electron chi connectivity index (χ3n) is 4.76. The van der Waals surface area contributed by atoms with Crippen LogP contribution in [0.3, 0.4) is 0 Å². The van der Waals surface area contributed by atoms with Crippen LogP contribution in [0.15, 0.2) is 66.9 Å². The van der Waals surface area contributed by atoms with E-state index < -0.39 is 9.84 Å². The highest BCUT2D eigenvalue weighted by atomic mass is 32.2. The molecule has 0 radical (unpaired) electrons. The van der Waals surface area contributed by atoms with Crippen LogP contribution in [0.25, 0.3) is 11.3 Å². The van der Waals surface area contributed by atoms with Crippen LogP contribution in [0.4, 0.5) is 11.4 Å². The van der Waals surface area contributed by atoms with Crippen LogP contribution in [0, 0.1) is 0 Å². The SMILES string of the molecule is CC(C)(C)c1ccc(NC(=O)c2ccc(-c3ncccc3NCS(C)(=O)=O)cc2)cc1. The molecule has 1 aromatic heterocycles. The summed E-state index contributed by atoms with van der Waals surface area (Å²) in [6, 6.07) is 18.4. The van der Waals surface area contributed by atoms with E-state index in [-0.39, 0.29) is 17.2 Å². The number of hydrogen-bond acceptors (Lipinski definition) is 5. The second-order valence-corrected chi connectivity index (χ2v) is 10.6. The number of nitrogens with one attached hydrogen (secondary N) is 2. The predicted octanol–water partition coefficient (Wildman–Crippen LogP) is 4.71. The lowest BCUT2D eigenvalue weighted by Gasteiger charge is -2.19. The van der Waals surface area contributed by atoms with Crippen LogP contribution >= 0.6 is 0 Å². The number of benzene rings is 2.